The van der Waals surface area contributed by atoms with Crippen LogP contribution in [0.1, 0.15) is 18.6 Å². The SMILES string of the molecule is CC(C(N)=S)c1cnco1. The zero-order chi connectivity index (χ0) is 7.56. The summed E-state index contributed by atoms with van der Waals surface area (Å²) < 4.78 is 4.98. The number of nitrogens with two attached hydrogens (primary N) is 1. The molecule has 0 aliphatic heterocycles. The second kappa shape index (κ2) is 2.79. The van der Waals surface area contributed by atoms with Crippen LogP contribution in [0, 0.1) is 0 Å². The van der Waals surface area contributed by atoms with Gasteiger partial charge in [0.25, 0.3) is 0 Å². The van der Waals surface area contributed by atoms with Crippen molar-refractivity contribution in [2.45, 2.75) is 12.8 Å². The Labute approximate surface area is 64.2 Å². The number of aromatic nitrogens is 1. The van der Waals surface area contributed by atoms with Crippen molar-refractivity contribution in [2.75, 3.05) is 0 Å². The molecule has 0 saturated heterocycles. The third kappa shape index (κ3) is 1.33. The molecule has 4 heteroatoms. The van der Waals surface area contributed by atoms with Gasteiger partial charge in [-0.25, -0.2) is 4.98 Å². The smallest absolute Gasteiger partial charge is 0.180 e. The molecule has 1 heterocycles. The Morgan fingerprint density at radius 1 is 1.90 bits per heavy atom. The van der Waals surface area contributed by atoms with Crippen molar-refractivity contribution >= 4 is 17.2 Å². The summed E-state index contributed by atoms with van der Waals surface area (Å²) in [6.07, 6.45) is 2.98. The first kappa shape index (κ1) is 7.21. The topological polar surface area (TPSA) is 52.0 Å². The normalized spacial score (nSPS) is 12.9. The predicted molar refractivity (Wildman–Crippen MR) is 41.7 cm³/mol. The van der Waals surface area contributed by atoms with Crippen molar-refractivity contribution < 1.29 is 4.42 Å². The highest BCUT2D eigenvalue weighted by Gasteiger charge is 2.10. The molecule has 0 spiro atoms. The predicted octanol–water partition coefficient (Wildman–Crippen LogP) is 1.06. The highest BCUT2D eigenvalue weighted by Crippen LogP contribution is 2.13. The third-order valence-electron chi connectivity index (χ3n) is 1.30. The lowest BCUT2D eigenvalue weighted by molar-refractivity contribution is 0.501. The van der Waals surface area contributed by atoms with Crippen LogP contribution in [0.15, 0.2) is 17.0 Å². The third-order valence-corrected chi connectivity index (χ3v) is 1.66. The van der Waals surface area contributed by atoms with E-state index >= 15 is 0 Å². The second-order valence-corrected chi connectivity index (χ2v) is 2.50. The quantitative estimate of drug-likeness (QED) is 0.650. The molecule has 0 aromatic carbocycles. The molecular formula is C6H8N2OS. The molecule has 0 saturated carbocycles. The van der Waals surface area contributed by atoms with Gasteiger partial charge in [-0.2, -0.15) is 0 Å². The molecule has 0 bridgehead atoms. The van der Waals surface area contributed by atoms with Crippen LogP contribution in [0.25, 0.3) is 0 Å². The van der Waals surface area contributed by atoms with E-state index in [2.05, 4.69) is 4.98 Å². The van der Waals surface area contributed by atoms with Crippen molar-refractivity contribution in [1.29, 1.82) is 0 Å². The molecule has 1 aromatic heterocycles. The van der Waals surface area contributed by atoms with Crippen LogP contribution in [0.4, 0.5) is 0 Å². The molecule has 54 valence electrons. The van der Waals surface area contributed by atoms with E-state index in [9.17, 15) is 0 Å². The summed E-state index contributed by atoms with van der Waals surface area (Å²) in [6, 6.07) is 0. The zero-order valence-electron chi connectivity index (χ0n) is 5.57. The van der Waals surface area contributed by atoms with Gasteiger partial charge < -0.3 is 10.2 Å². The first-order chi connectivity index (χ1) is 4.72. The Bertz CT molecular complexity index is 220. The van der Waals surface area contributed by atoms with Crippen molar-refractivity contribution in [1.82, 2.24) is 4.98 Å². The summed E-state index contributed by atoms with van der Waals surface area (Å²) in [7, 11) is 0. The van der Waals surface area contributed by atoms with Gasteiger partial charge in [-0.1, -0.05) is 12.2 Å². The lowest BCUT2D eigenvalue weighted by atomic mass is 10.1. The van der Waals surface area contributed by atoms with Gasteiger partial charge in [-0.05, 0) is 6.92 Å². The minimum atomic E-state index is -0.0162. The number of nitrogens with zero attached hydrogens (tertiary/aromatic N) is 1. The highest BCUT2D eigenvalue weighted by atomic mass is 32.1. The van der Waals surface area contributed by atoms with Crippen molar-refractivity contribution in [3.63, 3.8) is 0 Å². The van der Waals surface area contributed by atoms with Gasteiger partial charge in [-0.15, -0.1) is 0 Å². The van der Waals surface area contributed by atoms with E-state index in [1.54, 1.807) is 6.20 Å². The van der Waals surface area contributed by atoms with E-state index in [0.29, 0.717) is 10.7 Å². The molecule has 1 aromatic rings. The van der Waals surface area contributed by atoms with Gasteiger partial charge in [0.1, 0.15) is 5.76 Å². The van der Waals surface area contributed by atoms with Crippen LogP contribution in [-0.2, 0) is 0 Å². The van der Waals surface area contributed by atoms with Crippen LogP contribution in [0.5, 0.6) is 0 Å². The van der Waals surface area contributed by atoms with E-state index in [1.165, 1.54) is 6.39 Å². The maximum absolute atomic E-state index is 5.37. The molecule has 0 aliphatic carbocycles. The van der Waals surface area contributed by atoms with Gasteiger partial charge in [0.05, 0.1) is 17.1 Å². The molecule has 0 amide bonds. The molecule has 0 radical (unpaired) electrons. The summed E-state index contributed by atoms with van der Waals surface area (Å²) >= 11 is 4.76. The van der Waals surface area contributed by atoms with Gasteiger partial charge >= 0.3 is 0 Å². The average molecular weight is 156 g/mol. The van der Waals surface area contributed by atoms with Crippen molar-refractivity contribution in [3.05, 3.63) is 18.4 Å². The van der Waals surface area contributed by atoms with E-state index in [1.807, 2.05) is 6.92 Å². The standard InChI is InChI=1S/C6H8N2OS/c1-4(6(7)10)5-2-8-3-9-5/h2-4H,1H3,(H2,7,10). The number of thiocarbonyl (C=S) groups is 1. The molecular weight excluding hydrogens is 148 g/mol. The van der Waals surface area contributed by atoms with Crippen LogP contribution in [-0.4, -0.2) is 9.97 Å². The monoisotopic (exact) mass is 156 g/mol. The first-order valence-electron chi connectivity index (χ1n) is 2.89. The van der Waals surface area contributed by atoms with Crippen LogP contribution < -0.4 is 5.73 Å². The fraction of sp³-hybridized carbons (Fsp3) is 0.333. The lowest BCUT2D eigenvalue weighted by Crippen LogP contribution is -2.15. The first-order valence-corrected chi connectivity index (χ1v) is 3.30. The highest BCUT2D eigenvalue weighted by molar-refractivity contribution is 7.80. The van der Waals surface area contributed by atoms with E-state index in [-0.39, 0.29) is 5.92 Å². The minimum Gasteiger partial charge on any atom is -0.448 e. The van der Waals surface area contributed by atoms with E-state index < -0.39 is 0 Å². The molecule has 0 fully saturated rings. The summed E-state index contributed by atoms with van der Waals surface area (Å²) in [5, 5.41) is 0. The fourth-order valence-corrected chi connectivity index (χ4v) is 0.696. The molecule has 1 atom stereocenters. The van der Waals surface area contributed by atoms with Gasteiger partial charge in [-0.3, -0.25) is 0 Å². The Morgan fingerprint density at radius 3 is 3.00 bits per heavy atom. The molecule has 0 aliphatic rings. The summed E-state index contributed by atoms with van der Waals surface area (Å²) in [5.41, 5.74) is 5.37. The summed E-state index contributed by atoms with van der Waals surface area (Å²) in [4.78, 5) is 4.17. The molecule has 1 unspecified atom stereocenters. The average Bonchev–Trinajstić information content (AvgIpc) is 2.36. The van der Waals surface area contributed by atoms with Gasteiger partial charge in [0.15, 0.2) is 6.39 Å². The van der Waals surface area contributed by atoms with Crippen LogP contribution in [0.2, 0.25) is 0 Å². The minimum absolute atomic E-state index is 0.0162. The lowest BCUT2D eigenvalue weighted by Gasteiger charge is -2.02. The maximum atomic E-state index is 5.37. The molecule has 10 heavy (non-hydrogen) atoms. The van der Waals surface area contributed by atoms with Gasteiger partial charge in [0, 0.05) is 0 Å². The van der Waals surface area contributed by atoms with E-state index in [4.69, 9.17) is 22.4 Å². The summed E-state index contributed by atoms with van der Waals surface area (Å²) in [5.74, 6) is 0.699. The van der Waals surface area contributed by atoms with E-state index in [0.717, 1.165) is 0 Å². The zero-order valence-corrected chi connectivity index (χ0v) is 6.39. The van der Waals surface area contributed by atoms with Crippen LogP contribution >= 0.6 is 12.2 Å². The van der Waals surface area contributed by atoms with Crippen LogP contribution in [0.3, 0.4) is 0 Å². The number of rotatable bonds is 2. The van der Waals surface area contributed by atoms with Crippen molar-refractivity contribution in [3.8, 4) is 0 Å². The van der Waals surface area contributed by atoms with Crippen molar-refractivity contribution in [2.24, 2.45) is 5.73 Å². The largest absolute Gasteiger partial charge is 0.448 e. The Hall–Kier alpha value is -0.900. The maximum Gasteiger partial charge on any atom is 0.180 e. The Balaban J connectivity index is 2.77. The number of oxazole rings is 1. The molecule has 2 N–H and O–H groups in total. The van der Waals surface area contributed by atoms with Gasteiger partial charge in [0.2, 0.25) is 0 Å². The fourth-order valence-electron chi connectivity index (χ4n) is 0.580. The Morgan fingerprint density at radius 2 is 2.60 bits per heavy atom. The number of hydrogen-bond acceptors (Lipinski definition) is 3. The molecule has 1 rings (SSSR count). The summed E-state index contributed by atoms with van der Waals surface area (Å²) in [6.45, 7) is 1.88. The number of hydrogen-bond donors (Lipinski definition) is 1. The molecule has 3 nitrogen and oxygen atoms in total. The Kier molecular flexibility index (Phi) is 2.01. The second-order valence-electron chi connectivity index (χ2n) is 2.03.